The molecule has 0 bridgehead atoms. The van der Waals surface area contributed by atoms with Crippen LogP contribution in [0, 0.1) is 0 Å². The van der Waals surface area contributed by atoms with E-state index < -0.39 is 0 Å². The summed E-state index contributed by atoms with van der Waals surface area (Å²) in [6.07, 6.45) is 4.05. The molecule has 26 heavy (non-hydrogen) atoms. The smallest absolute Gasteiger partial charge is 0.256 e. The summed E-state index contributed by atoms with van der Waals surface area (Å²) in [5.74, 6) is 0. The summed E-state index contributed by atoms with van der Waals surface area (Å²) < 4.78 is 5.58. The van der Waals surface area contributed by atoms with E-state index in [1.165, 1.54) is 18.0 Å². The Hall–Kier alpha value is -2.09. The van der Waals surface area contributed by atoms with Crippen molar-refractivity contribution in [1.82, 2.24) is 14.9 Å². The van der Waals surface area contributed by atoms with Crippen LogP contribution in [0.1, 0.15) is 16.8 Å². The van der Waals surface area contributed by atoms with Crippen LogP contribution in [0.15, 0.2) is 43.6 Å². The standard InChI is InChI=1S/C18H16ClN3O3S/c1-26-18-20-14-4-5-22(8-13(14)17(24)21-18)7-10-9-25-15-3-2-11(19)6-12(15)16(10)23/h2-3,6,9H,4-5,7-8H2,1H3,(H,20,21,24). The molecule has 1 aliphatic rings. The molecule has 0 spiro atoms. The molecule has 0 atom stereocenters. The Morgan fingerprint density at radius 3 is 3.04 bits per heavy atom. The Kier molecular flexibility index (Phi) is 4.60. The minimum atomic E-state index is -0.110. The summed E-state index contributed by atoms with van der Waals surface area (Å²) in [6.45, 7) is 1.59. The van der Waals surface area contributed by atoms with Crippen molar-refractivity contribution in [2.24, 2.45) is 0 Å². The van der Waals surface area contributed by atoms with Crippen LogP contribution < -0.4 is 11.0 Å². The number of benzene rings is 1. The lowest BCUT2D eigenvalue weighted by molar-refractivity contribution is 0.238. The van der Waals surface area contributed by atoms with Crippen LogP contribution in [0.2, 0.25) is 5.02 Å². The molecule has 0 unspecified atom stereocenters. The molecule has 1 aliphatic heterocycles. The Balaban J connectivity index is 1.63. The molecule has 134 valence electrons. The number of thioether (sulfide) groups is 1. The van der Waals surface area contributed by atoms with Gasteiger partial charge in [0.25, 0.3) is 5.56 Å². The van der Waals surface area contributed by atoms with Crippen LogP contribution in [0.5, 0.6) is 0 Å². The predicted molar refractivity (Wildman–Crippen MR) is 102 cm³/mol. The van der Waals surface area contributed by atoms with Crippen molar-refractivity contribution in [2.45, 2.75) is 24.7 Å². The first-order valence-electron chi connectivity index (χ1n) is 8.13. The predicted octanol–water partition coefficient (Wildman–Crippen LogP) is 2.81. The summed E-state index contributed by atoms with van der Waals surface area (Å²) in [5.41, 5.74) is 2.37. The molecule has 8 heteroatoms. The zero-order valence-corrected chi connectivity index (χ0v) is 15.6. The van der Waals surface area contributed by atoms with E-state index in [1.54, 1.807) is 18.2 Å². The molecule has 3 heterocycles. The Morgan fingerprint density at radius 1 is 1.38 bits per heavy atom. The Labute approximate surface area is 158 Å². The lowest BCUT2D eigenvalue weighted by Gasteiger charge is -2.27. The average molecular weight is 390 g/mol. The lowest BCUT2D eigenvalue weighted by Crippen LogP contribution is -2.36. The highest BCUT2D eigenvalue weighted by molar-refractivity contribution is 7.98. The van der Waals surface area contributed by atoms with Crippen LogP contribution in [0.3, 0.4) is 0 Å². The lowest BCUT2D eigenvalue weighted by atomic mass is 10.1. The SMILES string of the molecule is CSc1nc2c(c(=O)[nH]1)CN(Cc1coc3ccc(Cl)cc3c1=O)CC2. The van der Waals surface area contributed by atoms with E-state index in [0.717, 1.165) is 12.2 Å². The largest absolute Gasteiger partial charge is 0.464 e. The van der Waals surface area contributed by atoms with Crippen LogP contribution in [0.4, 0.5) is 0 Å². The molecular weight excluding hydrogens is 374 g/mol. The maximum absolute atomic E-state index is 12.7. The summed E-state index contributed by atoms with van der Waals surface area (Å²) in [4.78, 5) is 34.3. The van der Waals surface area contributed by atoms with Crippen molar-refractivity contribution in [1.29, 1.82) is 0 Å². The second-order valence-electron chi connectivity index (χ2n) is 6.19. The van der Waals surface area contributed by atoms with Crippen molar-refractivity contribution < 1.29 is 4.42 Å². The van der Waals surface area contributed by atoms with E-state index in [1.807, 2.05) is 6.26 Å². The molecule has 3 aromatic rings. The molecule has 2 aromatic heterocycles. The summed E-state index contributed by atoms with van der Waals surface area (Å²) in [7, 11) is 0. The van der Waals surface area contributed by atoms with Crippen molar-refractivity contribution in [3.8, 4) is 0 Å². The maximum atomic E-state index is 12.7. The number of aromatic nitrogens is 2. The third-order valence-electron chi connectivity index (χ3n) is 4.52. The number of hydrogen-bond acceptors (Lipinski definition) is 6. The van der Waals surface area contributed by atoms with Crippen LogP contribution in [0.25, 0.3) is 11.0 Å². The van der Waals surface area contributed by atoms with Gasteiger partial charge in [-0.15, -0.1) is 0 Å². The number of H-pyrrole nitrogens is 1. The van der Waals surface area contributed by atoms with Crippen molar-refractivity contribution in [3.05, 3.63) is 66.9 Å². The average Bonchev–Trinajstić information content (AvgIpc) is 2.64. The maximum Gasteiger partial charge on any atom is 0.256 e. The fraction of sp³-hybridized carbons (Fsp3) is 0.278. The number of nitrogens with zero attached hydrogens (tertiary/aromatic N) is 2. The quantitative estimate of drug-likeness (QED) is 0.548. The Bertz CT molecular complexity index is 1110. The molecular formula is C18H16ClN3O3S. The third-order valence-corrected chi connectivity index (χ3v) is 5.33. The molecule has 0 saturated heterocycles. The van der Waals surface area contributed by atoms with Crippen molar-refractivity contribution >= 4 is 34.3 Å². The minimum Gasteiger partial charge on any atom is -0.464 e. The second-order valence-corrected chi connectivity index (χ2v) is 7.42. The summed E-state index contributed by atoms with van der Waals surface area (Å²) in [6, 6.07) is 5.00. The van der Waals surface area contributed by atoms with Crippen molar-refractivity contribution in [2.75, 3.05) is 12.8 Å². The van der Waals surface area contributed by atoms with E-state index in [9.17, 15) is 9.59 Å². The second kappa shape index (κ2) is 6.90. The van der Waals surface area contributed by atoms with Gasteiger partial charge in [0.1, 0.15) is 5.58 Å². The number of fused-ring (bicyclic) bond motifs is 2. The fourth-order valence-corrected chi connectivity index (χ4v) is 3.75. The molecule has 1 aromatic carbocycles. The first kappa shape index (κ1) is 17.3. The minimum absolute atomic E-state index is 0.0932. The van der Waals surface area contributed by atoms with E-state index >= 15 is 0 Å². The zero-order chi connectivity index (χ0) is 18.3. The Morgan fingerprint density at radius 2 is 2.23 bits per heavy atom. The van der Waals surface area contributed by atoms with Crippen LogP contribution in [-0.4, -0.2) is 27.7 Å². The first-order valence-corrected chi connectivity index (χ1v) is 9.74. The topological polar surface area (TPSA) is 79.2 Å². The van der Waals surface area contributed by atoms with Gasteiger partial charge in [0.05, 0.1) is 22.9 Å². The van der Waals surface area contributed by atoms with Gasteiger partial charge in [0, 0.05) is 36.6 Å². The van der Waals surface area contributed by atoms with E-state index in [4.69, 9.17) is 16.0 Å². The van der Waals surface area contributed by atoms with Gasteiger partial charge in [-0.3, -0.25) is 14.5 Å². The fourth-order valence-electron chi connectivity index (χ4n) is 3.18. The molecule has 0 radical (unpaired) electrons. The van der Waals surface area contributed by atoms with Gasteiger partial charge in [-0.05, 0) is 24.5 Å². The molecule has 1 N–H and O–H groups in total. The molecule has 6 nitrogen and oxygen atoms in total. The zero-order valence-electron chi connectivity index (χ0n) is 14.0. The molecule has 0 saturated carbocycles. The highest BCUT2D eigenvalue weighted by atomic mass is 35.5. The number of aromatic amines is 1. The molecule has 0 amide bonds. The van der Waals surface area contributed by atoms with Gasteiger partial charge in [-0.25, -0.2) is 4.98 Å². The molecule has 0 aliphatic carbocycles. The van der Waals surface area contributed by atoms with E-state index in [2.05, 4.69) is 14.9 Å². The number of hydrogen-bond donors (Lipinski definition) is 1. The van der Waals surface area contributed by atoms with Crippen LogP contribution in [-0.2, 0) is 19.5 Å². The number of rotatable bonds is 3. The van der Waals surface area contributed by atoms with Gasteiger partial charge in [0.2, 0.25) is 0 Å². The van der Waals surface area contributed by atoms with Crippen LogP contribution >= 0.6 is 23.4 Å². The highest BCUT2D eigenvalue weighted by Crippen LogP contribution is 2.20. The normalized spacial score (nSPS) is 14.5. The van der Waals surface area contributed by atoms with Crippen molar-refractivity contribution in [3.63, 3.8) is 0 Å². The molecule has 0 fully saturated rings. The monoisotopic (exact) mass is 389 g/mol. The van der Waals surface area contributed by atoms with E-state index in [-0.39, 0.29) is 11.0 Å². The summed E-state index contributed by atoms with van der Waals surface area (Å²) in [5, 5.41) is 1.60. The number of halogens is 1. The van der Waals surface area contributed by atoms with Gasteiger partial charge in [-0.1, -0.05) is 23.4 Å². The highest BCUT2D eigenvalue weighted by Gasteiger charge is 2.22. The van der Waals surface area contributed by atoms with Gasteiger partial charge < -0.3 is 9.40 Å². The number of nitrogens with one attached hydrogen (secondary N) is 1. The van der Waals surface area contributed by atoms with E-state index in [0.29, 0.717) is 51.8 Å². The molecule has 4 rings (SSSR count). The van der Waals surface area contributed by atoms with Gasteiger partial charge in [0.15, 0.2) is 10.6 Å². The third kappa shape index (κ3) is 3.18. The van der Waals surface area contributed by atoms with Gasteiger partial charge in [-0.2, -0.15) is 0 Å². The van der Waals surface area contributed by atoms with Gasteiger partial charge >= 0.3 is 0 Å². The first-order chi connectivity index (χ1) is 12.5. The summed E-state index contributed by atoms with van der Waals surface area (Å²) >= 11 is 7.41.